The van der Waals surface area contributed by atoms with Gasteiger partial charge in [0.1, 0.15) is 6.10 Å². The number of amides is 1. The van der Waals surface area contributed by atoms with Gasteiger partial charge in [0.2, 0.25) is 11.6 Å². The lowest BCUT2D eigenvalue weighted by molar-refractivity contribution is -0.390. The Hall–Kier alpha value is -0.890. The van der Waals surface area contributed by atoms with Crippen molar-refractivity contribution >= 4 is 6.09 Å². The Morgan fingerprint density at radius 1 is 1.14 bits per heavy atom. The maximum absolute atomic E-state index is 12.2. The molecule has 158 valence electrons. The van der Waals surface area contributed by atoms with Gasteiger partial charge in [0, 0.05) is 36.8 Å². The maximum atomic E-state index is 12.2. The Morgan fingerprint density at radius 3 is 2.46 bits per heavy atom. The van der Waals surface area contributed by atoms with Gasteiger partial charge in [-0.05, 0) is 70.6 Å². The quantitative estimate of drug-likeness (QED) is 0.714. The lowest BCUT2D eigenvalue weighted by Crippen LogP contribution is -2.59. The molecule has 4 bridgehead atoms. The minimum Gasteiger partial charge on any atom is -0.446 e. The van der Waals surface area contributed by atoms with Crippen molar-refractivity contribution in [3.05, 3.63) is 0 Å². The van der Waals surface area contributed by atoms with Crippen molar-refractivity contribution in [1.82, 2.24) is 5.32 Å². The molecule has 6 aliphatic rings. The Morgan fingerprint density at radius 2 is 1.82 bits per heavy atom. The topological polar surface area (TPSA) is 92.0 Å². The number of rotatable bonds is 3. The summed E-state index contributed by atoms with van der Waals surface area (Å²) in [7, 11) is 0. The molecule has 1 saturated heterocycles. The number of carbonyl (C=O) groups is 1. The van der Waals surface area contributed by atoms with E-state index in [1.165, 1.54) is 32.1 Å². The molecule has 5 aliphatic carbocycles. The zero-order valence-electron chi connectivity index (χ0n) is 17.1. The Kier molecular flexibility index (Phi) is 4.47. The van der Waals surface area contributed by atoms with Gasteiger partial charge in [-0.1, -0.05) is 0 Å². The number of nitrogens with two attached hydrogens (primary N) is 1. The Bertz CT molecular complexity index is 605. The van der Waals surface area contributed by atoms with E-state index in [1.807, 2.05) is 13.8 Å². The molecule has 0 aromatic rings. The summed E-state index contributed by atoms with van der Waals surface area (Å²) in [5, 5.41) is 2.75. The van der Waals surface area contributed by atoms with Crippen LogP contribution in [0.4, 0.5) is 4.79 Å². The molecule has 0 aromatic heterocycles. The molecule has 5 saturated carbocycles. The second-order valence-electron chi connectivity index (χ2n) is 10.7. The van der Waals surface area contributed by atoms with Gasteiger partial charge in [-0.25, -0.2) is 4.79 Å². The molecule has 0 radical (unpaired) electrons. The van der Waals surface area contributed by atoms with Crippen molar-refractivity contribution in [1.29, 1.82) is 0 Å². The van der Waals surface area contributed by atoms with Crippen LogP contribution >= 0.6 is 0 Å². The summed E-state index contributed by atoms with van der Waals surface area (Å²) in [6, 6.07) is 0. The van der Waals surface area contributed by atoms with Gasteiger partial charge < -0.3 is 20.5 Å². The first-order chi connectivity index (χ1) is 13.3. The lowest BCUT2D eigenvalue weighted by Gasteiger charge is -2.57. The molecule has 7 heteroatoms. The van der Waals surface area contributed by atoms with Crippen LogP contribution in [0.2, 0.25) is 0 Å². The van der Waals surface area contributed by atoms with Crippen LogP contribution in [0, 0.1) is 23.7 Å². The molecular formula is C21H34N2O5. The number of ether oxygens (including phenoxy) is 2. The number of alkyl carbamates (subject to hydrolysis) is 1. The summed E-state index contributed by atoms with van der Waals surface area (Å²) in [6.07, 6.45) is 8.55. The third-order valence-electron chi connectivity index (χ3n) is 7.53. The lowest BCUT2D eigenvalue weighted by atomic mass is 9.53. The van der Waals surface area contributed by atoms with Crippen molar-refractivity contribution in [3.8, 4) is 0 Å². The van der Waals surface area contributed by atoms with E-state index in [0.29, 0.717) is 24.8 Å². The van der Waals surface area contributed by atoms with Crippen molar-refractivity contribution in [2.45, 2.75) is 94.9 Å². The summed E-state index contributed by atoms with van der Waals surface area (Å²) >= 11 is 0. The first-order valence-corrected chi connectivity index (χ1v) is 11.1. The predicted octanol–water partition coefficient (Wildman–Crippen LogP) is 3.22. The molecule has 6 fully saturated rings. The van der Waals surface area contributed by atoms with E-state index in [4.69, 9.17) is 25.0 Å². The number of nitrogens with one attached hydrogen (secondary N) is 1. The van der Waals surface area contributed by atoms with Crippen LogP contribution in [0.1, 0.15) is 71.6 Å². The third-order valence-corrected chi connectivity index (χ3v) is 7.53. The SMILES string of the molecule is CC(C)(N)CNC(=O)O[C@@H]1CCC[C@]2(C1)OOC1(O2)C2CC3CC(C2)CC1C3. The minimum absolute atomic E-state index is 0.231. The molecule has 7 nitrogen and oxygen atoms in total. The van der Waals surface area contributed by atoms with E-state index < -0.39 is 23.2 Å². The largest absolute Gasteiger partial charge is 0.446 e. The molecule has 1 amide bonds. The summed E-state index contributed by atoms with van der Waals surface area (Å²) in [4.78, 5) is 24.1. The Labute approximate surface area is 166 Å². The fourth-order valence-corrected chi connectivity index (χ4v) is 6.52. The zero-order chi connectivity index (χ0) is 19.6. The molecule has 0 aromatic carbocycles. The van der Waals surface area contributed by atoms with E-state index in [1.54, 1.807) is 0 Å². The van der Waals surface area contributed by atoms with Gasteiger partial charge in [-0.2, -0.15) is 9.78 Å². The van der Waals surface area contributed by atoms with Gasteiger partial charge in [0.15, 0.2) is 0 Å². The van der Waals surface area contributed by atoms with Gasteiger partial charge in [0.25, 0.3) is 0 Å². The van der Waals surface area contributed by atoms with E-state index >= 15 is 0 Å². The third kappa shape index (κ3) is 3.34. The highest BCUT2D eigenvalue weighted by molar-refractivity contribution is 5.67. The van der Waals surface area contributed by atoms with Gasteiger partial charge in [-0.15, -0.1) is 0 Å². The first-order valence-electron chi connectivity index (χ1n) is 11.1. The van der Waals surface area contributed by atoms with Gasteiger partial charge in [0.05, 0.1) is 0 Å². The molecule has 2 atom stereocenters. The smallest absolute Gasteiger partial charge is 0.407 e. The first kappa shape index (κ1) is 19.1. The molecule has 1 heterocycles. The van der Waals surface area contributed by atoms with Crippen LogP contribution in [0.3, 0.4) is 0 Å². The molecular weight excluding hydrogens is 360 g/mol. The summed E-state index contributed by atoms with van der Waals surface area (Å²) < 4.78 is 12.4. The molecule has 1 aliphatic heterocycles. The highest BCUT2D eigenvalue weighted by Crippen LogP contribution is 2.63. The van der Waals surface area contributed by atoms with Crippen LogP contribution in [0.15, 0.2) is 0 Å². The van der Waals surface area contributed by atoms with Crippen LogP contribution in [0.5, 0.6) is 0 Å². The van der Waals surface area contributed by atoms with E-state index in [2.05, 4.69) is 5.32 Å². The Balaban J connectivity index is 1.23. The second-order valence-corrected chi connectivity index (χ2v) is 10.7. The zero-order valence-corrected chi connectivity index (χ0v) is 17.1. The highest BCUT2D eigenvalue weighted by Gasteiger charge is 2.67. The monoisotopic (exact) mass is 394 g/mol. The van der Waals surface area contributed by atoms with Crippen LogP contribution < -0.4 is 11.1 Å². The fourth-order valence-electron chi connectivity index (χ4n) is 6.52. The van der Waals surface area contributed by atoms with Crippen LogP contribution in [-0.2, 0) is 19.2 Å². The van der Waals surface area contributed by atoms with Crippen molar-refractivity contribution in [2.75, 3.05) is 6.54 Å². The predicted molar refractivity (Wildman–Crippen MR) is 101 cm³/mol. The molecule has 28 heavy (non-hydrogen) atoms. The minimum atomic E-state index is -0.772. The average Bonchev–Trinajstić information content (AvgIpc) is 2.97. The summed E-state index contributed by atoms with van der Waals surface area (Å²) in [6.45, 7) is 4.10. The van der Waals surface area contributed by atoms with Crippen LogP contribution in [0.25, 0.3) is 0 Å². The van der Waals surface area contributed by atoms with Crippen molar-refractivity contribution in [3.63, 3.8) is 0 Å². The molecule has 6 rings (SSSR count). The normalized spacial score (nSPS) is 47.0. The van der Waals surface area contributed by atoms with Crippen LogP contribution in [-0.4, -0.2) is 35.9 Å². The van der Waals surface area contributed by atoms with E-state index in [-0.39, 0.29) is 6.10 Å². The second kappa shape index (κ2) is 6.56. The summed E-state index contributed by atoms with van der Waals surface area (Å²) in [5.74, 6) is 1.23. The molecule has 3 N–H and O–H groups in total. The van der Waals surface area contributed by atoms with Gasteiger partial charge >= 0.3 is 6.09 Å². The van der Waals surface area contributed by atoms with Crippen molar-refractivity contribution < 1.29 is 24.0 Å². The molecule has 0 unspecified atom stereocenters. The number of carbonyl (C=O) groups excluding carboxylic acids is 1. The summed E-state index contributed by atoms with van der Waals surface area (Å²) in [5.41, 5.74) is 5.45. The fraction of sp³-hybridized carbons (Fsp3) is 0.952. The van der Waals surface area contributed by atoms with Crippen molar-refractivity contribution in [2.24, 2.45) is 29.4 Å². The van der Waals surface area contributed by atoms with Gasteiger partial charge in [-0.3, -0.25) is 0 Å². The van der Waals surface area contributed by atoms with E-state index in [9.17, 15) is 4.79 Å². The average molecular weight is 395 g/mol. The highest BCUT2D eigenvalue weighted by atomic mass is 17.3. The number of hydrogen-bond donors (Lipinski definition) is 2. The number of hydrogen-bond acceptors (Lipinski definition) is 6. The maximum Gasteiger partial charge on any atom is 0.407 e. The standard InChI is InChI=1S/C21H34N2O5/c1-19(2,22)12-23-18(24)25-17-4-3-5-20(11-17)26-21(28-27-20)15-7-13-6-14(9-15)10-16(21)8-13/h13-17H,3-12,22H2,1-2H3,(H,23,24)/t13?,14?,15?,16?,17-,20-,21?/m1/s1. The molecule has 2 spiro atoms. The van der Waals surface area contributed by atoms with E-state index in [0.717, 1.165) is 31.1 Å².